The van der Waals surface area contributed by atoms with Gasteiger partial charge in [0.25, 0.3) is 0 Å². The van der Waals surface area contributed by atoms with Gasteiger partial charge in [-0.15, -0.1) is 0 Å². The minimum Gasteiger partial charge on any atom is -0.350 e. The maximum Gasteiger partial charge on any atom is 0.340 e. The molecule has 1 heterocycles. The number of nitrogens with two attached hydrogens (primary N) is 1. The number of carbonyl (C=O) groups excluding carboxylic acids is 1. The van der Waals surface area contributed by atoms with Crippen molar-refractivity contribution in [3.63, 3.8) is 0 Å². The normalized spacial score (nSPS) is 10.0. The highest BCUT2D eigenvalue weighted by molar-refractivity contribution is 5.79. The van der Waals surface area contributed by atoms with Gasteiger partial charge in [-0.2, -0.15) is 9.78 Å². The molecule has 0 aliphatic rings. The Morgan fingerprint density at radius 1 is 1.21 bits per heavy atom. The molecule has 2 rings (SSSR count). The van der Waals surface area contributed by atoms with Crippen LogP contribution < -0.4 is 5.73 Å². The molecule has 0 spiro atoms. The summed E-state index contributed by atoms with van der Waals surface area (Å²) in [6.45, 7) is 0. The summed E-state index contributed by atoms with van der Waals surface area (Å²) in [4.78, 5) is 11.0. The van der Waals surface area contributed by atoms with E-state index in [4.69, 9.17) is 5.73 Å². The summed E-state index contributed by atoms with van der Waals surface area (Å²) in [6, 6.07) is 10.7. The molecule has 0 aliphatic carbocycles. The number of hydrogen-bond acceptors (Lipinski definition) is 2. The van der Waals surface area contributed by atoms with Crippen LogP contribution >= 0.6 is 0 Å². The fraction of sp³-hybridized carbons (Fsp3) is 0. The predicted molar refractivity (Wildman–Crippen MR) is 52.6 cm³/mol. The standard InChI is InChI=1S/C10H9N3O/c11-10(14)13-9(6-7-12-13)8-4-2-1-3-5-8/h1-7H,(H2,11,14). The number of amides is 1. The summed E-state index contributed by atoms with van der Waals surface area (Å²) in [5.74, 6) is 0. The van der Waals surface area contributed by atoms with E-state index >= 15 is 0 Å². The number of hydrogen-bond donors (Lipinski definition) is 1. The van der Waals surface area contributed by atoms with Gasteiger partial charge in [0.1, 0.15) is 0 Å². The van der Waals surface area contributed by atoms with Crippen LogP contribution in [0.25, 0.3) is 11.3 Å². The summed E-state index contributed by atoms with van der Waals surface area (Å²) in [6.07, 6.45) is 1.55. The molecular formula is C10H9N3O. The Morgan fingerprint density at radius 2 is 1.93 bits per heavy atom. The first kappa shape index (κ1) is 8.50. The van der Waals surface area contributed by atoms with Gasteiger partial charge in [0, 0.05) is 5.56 Å². The summed E-state index contributed by atoms with van der Waals surface area (Å²) < 4.78 is 1.18. The largest absolute Gasteiger partial charge is 0.350 e. The molecule has 0 aliphatic heterocycles. The SMILES string of the molecule is NC(=O)n1nccc1-c1ccccc1. The molecule has 2 aromatic rings. The Morgan fingerprint density at radius 3 is 2.57 bits per heavy atom. The molecule has 14 heavy (non-hydrogen) atoms. The van der Waals surface area contributed by atoms with E-state index in [0.29, 0.717) is 5.69 Å². The third-order valence-electron chi connectivity index (χ3n) is 1.92. The van der Waals surface area contributed by atoms with Crippen molar-refractivity contribution in [2.45, 2.75) is 0 Å². The van der Waals surface area contributed by atoms with Gasteiger partial charge in [-0.3, -0.25) is 0 Å². The van der Waals surface area contributed by atoms with E-state index in [0.717, 1.165) is 5.56 Å². The zero-order chi connectivity index (χ0) is 9.97. The molecule has 0 saturated carbocycles. The summed E-state index contributed by atoms with van der Waals surface area (Å²) in [5.41, 5.74) is 6.78. The van der Waals surface area contributed by atoms with Crippen LogP contribution in [-0.2, 0) is 0 Å². The molecule has 1 amide bonds. The lowest BCUT2D eigenvalue weighted by molar-refractivity contribution is 0.248. The molecule has 2 N–H and O–H groups in total. The monoisotopic (exact) mass is 187 g/mol. The van der Waals surface area contributed by atoms with Crippen LogP contribution in [0.3, 0.4) is 0 Å². The third-order valence-corrected chi connectivity index (χ3v) is 1.92. The predicted octanol–water partition coefficient (Wildman–Crippen LogP) is 1.48. The molecule has 4 heteroatoms. The van der Waals surface area contributed by atoms with E-state index in [2.05, 4.69) is 5.10 Å². The second-order valence-electron chi connectivity index (χ2n) is 2.83. The number of rotatable bonds is 1. The summed E-state index contributed by atoms with van der Waals surface area (Å²) in [5, 5.41) is 3.83. The molecule has 1 aromatic heterocycles. The molecule has 1 aromatic carbocycles. The van der Waals surface area contributed by atoms with E-state index in [1.165, 1.54) is 4.68 Å². The van der Waals surface area contributed by atoms with E-state index in [1.54, 1.807) is 12.3 Å². The highest BCUT2D eigenvalue weighted by Crippen LogP contribution is 2.17. The van der Waals surface area contributed by atoms with Crippen LogP contribution in [0.4, 0.5) is 4.79 Å². The topological polar surface area (TPSA) is 60.9 Å². The molecule has 0 fully saturated rings. The van der Waals surface area contributed by atoms with Crippen molar-refractivity contribution in [2.75, 3.05) is 0 Å². The Kier molecular flexibility index (Phi) is 2.02. The zero-order valence-corrected chi connectivity index (χ0v) is 7.42. The molecule has 0 bridgehead atoms. The minimum absolute atomic E-state index is 0.575. The van der Waals surface area contributed by atoms with Crippen LogP contribution in [0.15, 0.2) is 42.6 Å². The Bertz CT molecular complexity index is 447. The average Bonchev–Trinajstić information content (AvgIpc) is 2.67. The highest BCUT2D eigenvalue weighted by atomic mass is 16.2. The van der Waals surface area contributed by atoms with Gasteiger partial charge in [-0.25, -0.2) is 4.79 Å². The lowest BCUT2D eigenvalue weighted by atomic mass is 10.1. The van der Waals surface area contributed by atoms with Crippen molar-refractivity contribution in [1.82, 2.24) is 9.78 Å². The quantitative estimate of drug-likeness (QED) is 0.734. The number of aromatic nitrogens is 2. The number of nitrogens with zero attached hydrogens (tertiary/aromatic N) is 2. The maximum atomic E-state index is 11.0. The van der Waals surface area contributed by atoms with Crippen molar-refractivity contribution >= 4 is 6.03 Å². The fourth-order valence-electron chi connectivity index (χ4n) is 1.31. The molecule has 0 saturated heterocycles. The second-order valence-corrected chi connectivity index (χ2v) is 2.83. The lowest BCUT2D eigenvalue weighted by Crippen LogP contribution is -2.21. The van der Waals surface area contributed by atoms with Gasteiger partial charge in [0.15, 0.2) is 0 Å². The van der Waals surface area contributed by atoms with Crippen molar-refractivity contribution in [2.24, 2.45) is 5.73 Å². The van der Waals surface area contributed by atoms with Gasteiger partial charge < -0.3 is 5.73 Å². The van der Waals surface area contributed by atoms with E-state index in [9.17, 15) is 4.79 Å². The van der Waals surface area contributed by atoms with Gasteiger partial charge in [-0.05, 0) is 6.07 Å². The fourth-order valence-corrected chi connectivity index (χ4v) is 1.31. The number of benzene rings is 1. The van der Waals surface area contributed by atoms with Gasteiger partial charge in [0.2, 0.25) is 0 Å². The van der Waals surface area contributed by atoms with Crippen molar-refractivity contribution < 1.29 is 4.79 Å². The summed E-state index contributed by atoms with van der Waals surface area (Å²) in [7, 11) is 0. The molecule has 4 nitrogen and oxygen atoms in total. The smallest absolute Gasteiger partial charge is 0.340 e. The maximum absolute atomic E-state index is 11.0. The first-order chi connectivity index (χ1) is 6.79. The van der Waals surface area contributed by atoms with E-state index in [1.807, 2.05) is 30.3 Å². The third kappa shape index (κ3) is 1.37. The summed E-state index contributed by atoms with van der Waals surface area (Å²) >= 11 is 0. The van der Waals surface area contributed by atoms with Crippen molar-refractivity contribution in [3.8, 4) is 11.3 Å². The van der Waals surface area contributed by atoms with Crippen molar-refractivity contribution in [3.05, 3.63) is 42.6 Å². The number of primary amides is 1. The second kappa shape index (κ2) is 3.33. The Balaban J connectivity index is 2.52. The van der Waals surface area contributed by atoms with Crippen LogP contribution in [0.2, 0.25) is 0 Å². The van der Waals surface area contributed by atoms with Gasteiger partial charge in [0.05, 0.1) is 11.9 Å². The molecule has 0 atom stereocenters. The van der Waals surface area contributed by atoms with Crippen LogP contribution in [0, 0.1) is 0 Å². The Hall–Kier alpha value is -2.10. The van der Waals surface area contributed by atoms with Crippen LogP contribution in [-0.4, -0.2) is 15.8 Å². The zero-order valence-electron chi connectivity index (χ0n) is 7.42. The number of carbonyl (C=O) groups is 1. The molecule has 0 unspecified atom stereocenters. The van der Waals surface area contributed by atoms with Crippen molar-refractivity contribution in [1.29, 1.82) is 0 Å². The van der Waals surface area contributed by atoms with Gasteiger partial charge in [-0.1, -0.05) is 30.3 Å². The first-order valence-corrected chi connectivity index (χ1v) is 4.18. The van der Waals surface area contributed by atoms with Gasteiger partial charge >= 0.3 is 6.03 Å². The Labute approximate surface area is 81.0 Å². The molecular weight excluding hydrogens is 178 g/mol. The lowest BCUT2D eigenvalue weighted by Gasteiger charge is -2.01. The first-order valence-electron chi connectivity index (χ1n) is 4.18. The van der Waals surface area contributed by atoms with Crippen LogP contribution in [0.1, 0.15) is 0 Å². The molecule has 0 radical (unpaired) electrons. The average molecular weight is 187 g/mol. The molecule has 70 valence electrons. The van der Waals surface area contributed by atoms with E-state index in [-0.39, 0.29) is 0 Å². The van der Waals surface area contributed by atoms with E-state index < -0.39 is 6.03 Å². The highest BCUT2D eigenvalue weighted by Gasteiger charge is 2.07. The van der Waals surface area contributed by atoms with Crippen LogP contribution in [0.5, 0.6) is 0 Å². The minimum atomic E-state index is -0.575.